The fraction of sp³-hybridized carbons (Fsp3) is 0.526. The number of benzene rings is 1. The highest BCUT2D eigenvalue weighted by Gasteiger charge is 2.37. The summed E-state index contributed by atoms with van der Waals surface area (Å²) in [5, 5.41) is 0.174. The van der Waals surface area contributed by atoms with Gasteiger partial charge >= 0.3 is 6.18 Å². The van der Waals surface area contributed by atoms with Crippen LogP contribution in [-0.2, 0) is 11.0 Å². The van der Waals surface area contributed by atoms with Gasteiger partial charge in [0.2, 0.25) is 11.7 Å². The Morgan fingerprint density at radius 1 is 1.19 bits per heavy atom. The molecule has 3 rings (SSSR count). The van der Waals surface area contributed by atoms with Crippen molar-refractivity contribution in [3.63, 3.8) is 0 Å². The summed E-state index contributed by atoms with van der Waals surface area (Å²) in [4.78, 5) is 22.2. The molecule has 3 atom stereocenters. The zero-order chi connectivity index (χ0) is 19.8. The molecule has 0 radical (unpaired) electrons. The van der Waals surface area contributed by atoms with Crippen LogP contribution in [0.25, 0.3) is 10.9 Å². The van der Waals surface area contributed by atoms with Gasteiger partial charge in [0, 0.05) is 17.5 Å². The number of carbonyl (C=O) groups excluding carboxylic acids is 1. The Morgan fingerprint density at radius 2 is 1.81 bits per heavy atom. The number of alkyl halides is 3. The second-order valence-electron chi connectivity index (χ2n) is 7.00. The highest BCUT2D eigenvalue weighted by Crippen LogP contribution is 2.35. The van der Waals surface area contributed by atoms with E-state index in [1.54, 1.807) is 25.1 Å². The number of thioether (sulfide) groups is 1. The third kappa shape index (κ3) is 4.20. The largest absolute Gasteiger partial charge is 0.451 e. The molecule has 0 aliphatic carbocycles. The number of likely N-dealkylation sites (tertiary alicyclic amines) is 1. The molecule has 1 aromatic carbocycles. The van der Waals surface area contributed by atoms with Gasteiger partial charge in [0.05, 0.1) is 10.8 Å². The molecule has 27 heavy (non-hydrogen) atoms. The van der Waals surface area contributed by atoms with E-state index in [0.717, 1.165) is 31.0 Å². The number of halogens is 3. The molecule has 0 spiro atoms. The molecule has 4 nitrogen and oxygen atoms in total. The quantitative estimate of drug-likeness (QED) is 0.545. The first kappa shape index (κ1) is 19.9. The first-order chi connectivity index (χ1) is 12.7. The van der Waals surface area contributed by atoms with Crippen molar-refractivity contribution in [1.29, 1.82) is 0 Å². The maximum absolute atomic E-state index is 13.2. The number of nitrogens with zero attached hydrogens (tertiary/aromatic N) is 3. The summed E-state index contributed by atoms with van der Waals surface area (Å²) in [6, 6.07) is 6.84. The molecule has 0 bridgehead atoms. The molecule has 1 aliphatic rings. The lowest BCUT2D eigenvalue weighted by Gasteiger charge is -2.40. The number of fused-ring (bicyclic) bond motifs is 1. The van der Waals surface area contributed by atoms with E-state index in [-0.39, 0.29) is 28.5 Å². The lowest BCUT2D eigenvalue weighted by Crippen LogP contribution is -2.50. The lowest BCUT2D eigenvalue weighted by molar-refractivity contribution is -0.145. The third-order valence-corrected chi connectivity index (χ3v) is 6.00. The molecule has 0 saturated carbocycles. The molecule has 1 saturated heterocycles. The van der Waals surface area contributed by atoms with Gasteiger partial charge in [-0.25, -0.2) is 9.97 Å². The smallest absolute Gasteiger partial charge is 0.336 e. The number of amides is 1. The van der Waals surface area contributed by atoms with Crippen molar-refractivity contribution in [2.45, 2.75) is 68.6 Å². The summed E-state index contributed by atoms with van der Waals surface area (Å²) < 4.78 is 39.5. The van der Waals surface area contributed by atoms with Crippen LogP contribution >= 0.6 is 11.8 Å². The van der Waals surface area contributed by atoms with Gasteiger partial charge in [0.15, 0.2) is 0 Å². The van der Waals surface area contributed by atoms with Crippen LogP contribution in [0, 0.1) is 0 Å². The topological polar surface area (TPSA) is 46.1 Å². The molecule has 2 aromatic rings. The van der Waals surface area contributed by atoms with Gasteiger partial charge in [0.25, 0.3) is 0 Å². The van der Waals surface area contributed by atoms with E-state index < -0.39 is 17.3 Å². The third-order valence-electron chi connectivity index (χ3n) is 4.91. The fourth-order valence-corrected chi connectivity index (χ4v) is 4.54. The molecule has 146 valence electrons. The first-order valence-corrected chi connectivity index (χ1v) is 9.89. The number of rotatable bonds is 3. The Labute approximate surface area is 160 Å². The van der Waals surface area contributed by atoms with Crippen molar-refractivity contribution in [2.75, 3.05) is 0 Å². The molecule has 1 amide bonds. The predicted molar refractivity (Wildman–Crippen MR) is 99.5 cm³/mol. The van der Waals surface area contributed by atoms with Crippen LogP contribution in [0.1, 0.15) is 45.9 Å². The Hall–Kier alpha value is -1.83. The second kappa shape index (κ2) is 7.66. The summed E-state index contributed by atoms with van der Waals surface area (Å²) in [6.07, 6.45) is -1.66. The van der Waals surface area contributed by atoms with E-state index in [1.165, 1.54) is 6.07 Å². The molecule has 1 aliphatic heterocycles. The monoisotopic (exact) mass is 397 g/mol. The van der Waals surface area contributed by atoms with Crippen molar-refractivity contribution >= 4 is 28.6 Å². The Bertz CT molecular complexity index is 833. The minimum absolute atomic E-state index is 0.0593. The van der Waals surface area contributed by atoms with Crippen LogP contribution in [0.2, 0.25) is 0 Å². The van der Waals surface area contributed by atoms with Gasteiger partial charge in [-0.2, -0.15) is 13.2 Å². The summed E-state index contributed by atoms with van der Waals surface area (Å²) >= 11 is 1.07. The van der Waals surface area contributed by atoms with Crippen LogP contribution in [-0.4, -0.2) is 38.1 Å². The molecule has 0 N–H and O–H groups in total. The molecule has 1 fully saturated rings. The fourth-order valence-electron chi connectivity index (χ4n) is 3.55. The number of aromatic nitrogens is 2. The minimum atomic E-state index is -4.64. The average Bonchev–Trinajstić information content (AvgIpc) is 2.60. The van der Waals surface area contributed by atoms with E-state index in [1.807, 2.05) is 18.7 Å². The molecule has 2 heterocycles. The van der Waals surface area contributed by atoms with Gasteiger partial charge in [-0.3, -0.25) is 4.79 Å². The number of piperidine rings is 1. The number of hydrogen-bond acceptors (Lipinski definition) is 4. The summed E-state index contributed by atoms with van der Waals surface area (Å²) in [7, 11) is 0. The highest BCUT2D eigenvalue weighted by atomic mass is 32.2. The number of carbonyl (C=O) groups is 1. The Kier molecular flexibility index (Phi) is 5.65. The van der Waals surface area contributed by atoms with Crippen molar-refractivity contribution in [3.05, 3.63) is 30.1 Å². The van der Waals surface area contributed by atoms with E-state index in [0.29, 0.717) is 5.39 Å². The van der Waals surface area contributed by atoms with E-state index in [2.05, 4.69) is 9.97 Å². The summed E-state index contributed by atoms with van der Waals surface area (Å²) in [5.74, 6) is -1.24. The summed E-state index contributed by atoms with van der Waals surface area (Å²) in [5.41, 5.74) is 0.224. The van der Waals surface area contributed by atoms with Crippen LogP contribution in [0.3, 0.4) is 0 Å². The summed E-state index contributed by atoms with van der Waals surface area (Å²) in [6.45, 7) is 5.77. The van der Waals surface area contributed by atoms with E-state index in [9.17, 15) is 18.0 Å². The lowest BCUT2D eigenvalue weighted by atomic mass is 9.97. The molecular formula is C19H22F3N3OS. The van der Waals surface area contributed by atoms with Gasteiger partial charge in [0.1, 0.15) is 5.03 Å². The minimum Gasteiger partial charge on any atom is -0.336 e. The van der Waals surface area contributed by atoms with Crippen LogP contribution in [0.4, 0.5) is 13.2 Å². The molecule has 1 aromatic heterocycles. The van der Waals surface area contributed by atoms with E-state index >= 15 is 0 Å². The Balaban J connectivity index is 1.92. The SMILES string of the molecule is C[C@@H](Sc1nc(C(F)(F)F)nc2ccccc12)C(=O)N1[C@@H](C)CCC[C@@H]1C. The molecule has 8 heteroatoms. The van der Waals surface area contributed by atoms with Gasteiger partial charge in [-0.15, -0.1) is 0 Å². The Morgan fingerprint density at radius 3 is 2.44 bits per heavy atom. The highest BCUT2D eigenvalue weighted by molar-refractivity contribution is 8.00. The maximum Gasteiger partial charge on any atom is 0.451 e. The zero-order valence-corrected chi connectivity index (χ0v) is 16.3. The number of para-hydroxylation sites is 1. The van der Waals surface area contributed by atoms with Gasteiger partial charge < -0.3 is 4.90 Å². The second-order valence-corrected chi connectivity index (χ2v) is 8.33. The zero-order valence-electron chi connectivity index (χ0n) is 15.5. The average molecular weight is 397 g/mol. The van der Waals surface area contributed by atoms with Crippen LogP contribution in [0.15, 0.2) is 29.3 Å². The number of hydrogen-bond donors (Lipinski definition) is 0. The standard InChI is InChI=1S/C19H22F3N3OS/c1-11-7-6-8-12(2)25(11)17(26)13(3)27-16-14-9-4-5-10-15(14)23-18(24-16)19(20,21)22/h4-5,9-13H,6-8H2,1-3H3/t11-,12-,13+/m0/s1. The first-order valence-electron chi connectivity index (χ1n) is 9.01. The van der Waals surface area contributed by atoms with E-state index in [4.69, 9.17) is 0 Å². The van der Waals surface area contributed by atoms with Gasteiger partial charge in [-0.05, 0) is 46.1 Å². The van der Waals surface area contributed by atoms with Crippen molar-refractivity contribution in [3.8, 4) is 0 Å². The van der Waals surface area contributed by atoms with Crippen LogP contribution < -0.4 is 0 Å². The van der Waals surface area contributed by atoms with Crippen LogP contribution in [0.5, 0.6) is 0 Å². The van der Waals surface area contributed by atoms with Crippen molar-refractivity contribution < 1.29 is 18.0 Å². The van der Waals surface area contributed by atoms with Crippen molar-refractivity contribution in [1.82, 2.24) is 14.9 Å². The predicted octanol–water partition coefficient (Wildman–Crippen LogP) is 4.92. The normalized spacial score (nSPS) is 22.1. The van der Waals surface area contributed by atoms with Crippen molar-refractivity contribution in [2.24, 2.45) is 0 Å². The van der Waals surface area contributed by atoms with Gasteiger partial charge in [-0.1, -0.05) is 30.0 Å². The maximum atomic E-state index is 13.2. The molecular weight excluding hydrogens is 375 g/mol. The molecule has 0 unspecified atom stereocenters.